The number of rotatable bonds is 3. The van der Waals surface area contributed by atoms with Gasteiger partial charge in [-0.15, -0.1) is 0 Å². The first-order chi connectivity index (χ1) is 10.8. The van der Waals surface area contributed by atoms with Crippen LogP contribution in [-0.4, -0.2) is 63.2 Å². The largest absolute Gasteiger partial charge is 0.352 e. The number of piperazine rings is 1. The highest BCUT2D eigenvalue weighted by Gasteiger charge is 2.23. The van der Waals surface area contributed by atoms with Gasteiger partial charge in [-0.1, -0.05) is 11.8 Å². The Bertz CT molecular complexity index is 628. The van der Waals surface area contributed by atoms with E-state index < -0.39 is 0 Å². The van der Waals surface area contributed by atoms with Gasteiger partial charge in [0.25, 0.3) is 5.91 Å². The standard InChI is InChI=1S/C14H16N6OS/c1-22-14-17-8-11(9-18-14)13(21)20-6-4-19(5-7-20)12-10-15-2-3-16-12/h2-3,8-10H,4-7H2,1H3. The topological polar surface area (TPSA) is 75.1 Å². The van der Waals surface area contributed by atoms with Crippen molar-refractivity contribution in [2.24, 2.45) is 0 Å². The van der Waals surface area contributed by atoms with Gasteiger partial charge in [-0.05, 0) is 6.26 Å². The SMILES string of the molecule is CSc1ncc(C(=O)N2CCN(c3cnccn3)CC2)cn1. The predicted molar refractivity (Wildman–Crippen MR) is 84.0 cm³/mol. The molecule has 8 heteroatoms. The van der Waals surface area contributed by atoms with Gasteiger partial charge in [0.15, 0.2) is 5.16 Å². The highest BCUT2D eigenvalue weighted by Crippen LogP contribution is 2.14. The fraction of sp³-hybridized carbons (Fsp3) is 0.357. The first-order valence-corrected chi connectivity index (χ1v) is 8.16. The van der Waals surface area contributed by atoms with E-state index in [1.54, 1.807) is 31.0 Å². The number of hydrogen-bond donors (Lipinski definition) is 0. The van der Waals surface area contributed by atoms with Crippen LogP contribution in [0.15, 0.2) is 36.1 Å². The van der Waals surface area contributed by atoms with E-state index >= 15 is 0 Å². The molecule has 0 saturated carbocycles. The van der Waals surface area contributed by atoms with Crippen molar-refractivity contribution in [3.05, 3.63) is 36.5 Å². The number of carbonyl (C=O) groups is 1. The molecule has 0 bridgehead atoms. The van der Waals surface area contributed by atoms with Crippen molar-refractivity contribution in [1.82, 2.24) is 24.8 Å². The van der Waals surface area contributed by atoms with Gasteiger partial charge >= 0.3 is 0 Å². The minimum Gasteiger partial charge on any atom is -0.352 e. The highest BCUT2D eigenvalue weighted by molar-refractivity contribution is 7.98. The minimum atomic E-state index is -0.0218. The number of amides is 1. The van der Waals surface area contributed by atoms with Gasteiger partial charge in [0.05, 0.1) is 11.8 Å². The van der Waals surface area contributed by atoms with Gasteiger partial charge in [-0.2, -0.15) is 0 Å². The van der Waals surface area contributed by atoms with E-state index in [9.17, 15) is 4.79 Å². The second-order valence-electron chi connectivity index (χ2n) is 4.80. The third-order valence-corrected chi connectivity index (χ3v) is 4.07. The van der Waals surface area contributed by atoms with Crippen molar-refractivity contribution in [3.8, 4) is 0 Å². The van der Waals surface area contributed by atoms with Crippen LogP contribution in [0.25, 0.3) is 0 Å². The van der Waals surface area contributed by atoms with Crippen molar-refractivity contribution in [1.29, 1.82) is 0 Å². The first kappa shape index (κ1) is 14.7. The Kier molecular flexibility index (Phi) is 4.47. The lowest BCUT2D eigenvalue weighted by Gasteiger charge is -2.35. The molecule has 3 heterocycles. The summed E-state index contributed by atoms with van der Waals surface area (Å²) in [6.45, 7) is 2.79. The summed E-state index contributed by atoms with van der Waals surface area (Å²) in [6, 6.07) is 0. The fourth-order valence-corrected chi connectivity index (χ4v) is 2.62. The van der Waals surface area contributed by atoms with Gasteiger partial charge in [0.2, 0.25) is 0 Å². The second-order valence-corrected chi connectivity index (χ2v) is 5.57. The molecule has 0 atom stereocenters. The molecular weight excluding hydrogens is 300 g/mol. The molecule has 1 aliphatic rings. The molecule has 1 amide bonds. The number of nitrogens with zero attached hydrogens (tertiary/aromatic N) is 6. The molecule has 0 spiro atoms. The second kappa shape index (κ2) is 6.69. The maximum atomic E-state index is 12.4. The molecule has 0 unspecified atom stereocenters. The zero-order chi connectivity index (χ0) is 15.4. The Morgan fingerprint density at radius 1 is 1.05 bits per heavy atom. The quantitative estimate of drug-likeness (QED) is 0.616. The lowest BCUT2D eigenvalue weighted by atomic mass is 10.2. The van der Waals surface area contributed by atoms with E-state index in [4.69, 9.17) is 0 Å². The van der Waals surface area contributed by atoms with E-state index in [2.05, 4.69) is 24.8 Å². The molecule has 3 rings (SSSR count). The highest BCUT2D eigenvalue weighted by atomic mass is 32.2. The van der Waals surface area contributed by atoms with E-state index in [0.717, 1.165) is 18.9 Å². The molecule has 0 N–H and O–H groups in total. The summed E-state index contributed by atoms with van der Waals surface area (Å²) >= 11 is 1.46. The van der Waals surface area contributed by atoms with Crippen LogP contribution in [0, 0.1) is 0 Å². The van der Waals surface area contributed by atoms with Crippen LogP contribution in [0.3, 0.4) is 0 Å². The van der Waals surface area contributed by atoms with Crippen LogP contribution < -0.4 is 4.90 Å². The summed E-state index contributed by atoms with van der Waals surface area (Å²) < 4.78 is 0. The Labute approximate surface area is 132 Å². The Hall–Kier alpha value is -2.22. The summed E-state index contributed by atoms with van der Waals surface area (Å²) in [5.41, 5.74) is 0.533. The molecule has 1 fully saturated rings. The van der Waals surface area contributed by atoms with Crippen LogP contribution in [0.1, 0.15) is 10.4 Å². The maximum absolute atomic E-state index is 12.4. The molecule has 7 nitrogen and oxygen atoms in total. The van der Waals surface area contributed by atoms with Gasteiger partial charge < -0.3 is 9.80 Å². The molecular formula is C14H16N6OS. The van der Waals surface area contributed by atoms with Gasteiger partial charge in [-0.3, -0.25) is 9.78 Å². The van der Waals surface area contributed by atoms with Crippen LogP contribution in [0.4, 0.5) is 5.82 Å². The number of carbonyl (C=O) groups excluding carboxylic acids is 1. The summed E-state index contributed by atoms with van der Waals surface area (Å²) in [5.74, 6) is 0.828. The smallest absolute Gasteiger partial charge is 0.257 e. The minimum absolute atomic E-state index is 0.0218. The summed E-state index contributed by atoms with van der Waals surface area (Å²) in [6.07, 6.45) is 10.2. The van der Waals surface area contributed by atoms with Crippen molar-refractivity contribution in [3.63, 3.8) is 0 Å². The van der Waals surface area contributed by atoms with Crippen molar-refractivity contribution >= 4 is 23.5 Å². The zero-order valence-corrected chi connectivity index (χ0v) is 13.0. The number of hydrogen-bond acceptors (Lipinski definition) is 7. The van der Waals surface area contributed by atoms with Crippen LogP contribution >= 0.6 is 11.8 Å². The van der Waals surface area contributed by atoms with Crippen molar-refractivity contribution in [2.45, 2.75) is 5.16 Å². The lowest BCUT2D eigenvalue weighted by Crippen LogP contribution is -2.49. The van der Waals surface area contributed by atoms with Gasteiger partial charge in [-0.25, -0.2) is 15.0 Å². The summed E-state index contributed by atoms with van der Waals surface area (Å²) in [5, 5.41) is 0.670. The van der Waals surface area contributed by atoms with Crippen LogP contribution in [-0.2, 0) is 0 Å². The van der Waals surface area contributed by atoms with E-state index in [1.807, 2.05) is 11.2 Å². The zero-order valence-electron chi connectivity index (χ0n) is 12.2. The Morgan fingerprint density at radius 2 is 1.77 bits per heavy atom. The van der Waals surface area contributed by atoms with Gasteiger partial charge in [0, 0.05) is 51.0 Å². The fourth-order valence-electron chi connectivity index (χ4n) is 2.31. The molecule has 1 saturated heterocycles. The van der Waals surface area contributed by atoms with E-state index in [0.29, 0.717) is 23.8 Å². The molecule has 0 aliphatic carbocycles. The molecule has 22 heavy (non-hydrogen) atoms. The molecule has 0 radical (unpaired) electrons. The molecule has 2 aromatic rings. The normalized spacial score (nSPS) is 15.0. The first-order valence-electron chi connectivity index (χ1n) is 6.94. The van der Waals surface area contributed by atoms with E-state index in [-0.39, 0.29) is 5.91 Å². The van der Waals surface area contributed by atoms with Crippen molar-refractivity contribution < 1.29 is 4.79 Å². The third-order valence-electron chi connectivity index (χ3n) is 3.50. The average molecular weight is 316 g/mol. The van der Waals surface area contributed by atoms with Crippen LogP contribution in [0.5, 0.6) is 0 Å². The van der Waals surface area contributed by atoms with Gasteiger partial charge in [0.1, 0.15) is 5.82 Å². The molecule has 114 valence electrons. The van der Waals surface area contributed by atoms with E-state index in [1.165, 1.54) is 11.8 Å². The van der Waals surface area contributed by atoms with Crippen LogP contribution in [0.2, 0.25) is 0 Å². The Balaban J connectivity index is 1.62. The number of aromatic nitrogens is 4. The third kappa shape index (κ3) is 3.16. The summed E-state index contributed by atoms with van der Waals surface area (Å²) in [7, 11) is 0. The monoisotopic (exact) mass is 316 g/mol. The lowest BCUT2D eigenvalue weighted by molar-refractivity contribution is 0.0745. The number of anilines is 1. The average Bonchev–Trinajstić information content (AvgIpc) is 2.62. The molecule has 0 aromatic carbocycles. The Morgan fingerprint density at radius 3 is 2.36 bits per heavy atom. The predicted octanol–water partition coefficient (Wildman–Crippen LogP) is 0.951. The molecule has 1 aliphatic heterocycles. The maximum Gasteiger partial charge on any atom is 0.257 e. The number of thioether (sulfide) groups is 1. The van der Waals surface area contributed by atoms with Crippen molar-refractivity contribution in [2.75, 3.05) is 37.3 Å². The summed E-state index contributed by atoms with van der Waals surface area (Å²) in [4.78, 5) is 33.1. The molecule has 2 aromatic heterocycles.